The summed E-state index contributed by atoms with van der Waals surface area (Å²) in [6.07, 6.45) is 4.53. The van der Waals surface area contributed by atoms with Gasteiger partial charge in [0, 0.05) is 50.5 Å². The highest BCUT2D eigenvalue weighted by atomic mass is 16.6. The fourth-order valence-corrected chi connectivity index (χ4v) is 7.64. The molecule has 5 heteroatoms. The van der Waals surface area contributed by atoms with Gasteiger partial charge in [-0.1, -0.05) is 86.2 Å². The van der Waals surface area contributed by atoms with Crippen molar-refractivity contribution < 1.29 is 14.6 Å². The Kier molecular flexibility index (Phi) is 6.72. The van der Waals surface area contributed by atoms with E-state index >= 15 is 0 Å². The highest BCUT2D eigenvalue weighted by Gasteiger charge is 2.59. The number of aliphatic hydroxyl groups is 1. The first-order chi connectivity index (χ1) is 18.0. The molecule has 2 aromatic rings. The monoisotopic (exact) mass is 500 g/mol. The van der Waals surface area contributed by atoms with Crippen molar-refractivity contribution in [1.29, 1.82) is 0 Å². The predicted octanol–water partition coefficient (Wildman–Crippen LogP) is 4.68. The number of fused-ring (bicyclic) bond motifs is 2. The zero-order chi connectivity index (χ0) is 25.6. The number of carbonyl (C=O) groups is 1. The number of nitrogens with zero attached hydrogens (tertiary/aromatic N) is 2. The summed E-state index contributed by atoms with van der Waals surface area (Å²) in [6.45, 7) is 8.85. The third-order valence-electron chi connectivity index (χ3n) is 10.0. The van der Waals surface area contributed by atoms with Crippen LogP contribution in [0.5, 0.6) is 0 Å². The van der Waals surface area contributed by atoms with Crippen molar-refractivity contribution in [3.8, 4) is 0 Å². The van der Waals surface area contributed by atoms with Crippen LogP contribution in [0, 0.1) is 23.2 Å². The molecule has 1 saturated carbocycles. The van der Waals surface area contributed by atoms with Gasteiger partial charge < -0.3 is 9.84 Å². The van der Waals surface area contributed by atoms with Gasteiger partial charge in [0.2, 0.25) is 0 Å². The lowest BCUT2D eigenvalue weighted by Gasteiger charge is -2.52. The zero-order valence-corrected chi connectivity index (χ0v) is 22.1. The Morgan fingerprint density at radius 1 is 1.00 bits per heavy atom. The number of ether oxygens (including phenoxy) is 1. The first kappa shape index (κ1) is 24.8. The number of hydrogen-bond acceptors (Lipinski definition) is 5. The summed E-state index contributed by atoms with van der Waals surface area (Å²) in [4.78, 5) is 18.1. The maximum Gasteiger partial charge on any atom is 0.311 e. The van der Waals surface area contributed by atoms with Crippen LogP contribution in [0.2, 0.25) is 0 Å². The van der Waals surface area contributed by atoms with E-state index in [1.54, 1.807) is 0 Å². The Hall–Kier alpha value is -2.47. The average Bonchev–Trinajstić information content (AvgIpc) is 3.23. The van der Waals surface area contributed by atoms with Crippen molar-refractivity contribution in [2.75, 3.05) is 32.7 Å². The molecule has 1 N–H and O–H groups in total. The molecule has 2 heterocycles. The lowest BCUT2D eigenvalue weighted by atomic mass is 9.55. The third kappa shape index (κ3) is 4.35. The Bertz CT molecular complexity index is 1090. The maximum absolute atomic E-state index is 13.1. The molecule has 2 aliphatic carbocycles. The number of benzene rings is 2. The van der Waals surface area contributed by atoms with Gasteiger partial charge in [0.05, 0.1) is 18.1 Å². The smallest absolute Gasteiger partial charge is 0.311 e. The van der Waals surface area contributed by atoms with E-state index in [0.717, 1.165) is 45.4 Å². The van der Waals surface area contributed by atoms with Gasteiger partial charge in [0.15, 0.2) is 0 Å². The summed E-state index contributed by atoms with van der Waals surface area (Å²) in [5.74, 6) is -0.0672. The molecular weight excluding hydrogens is 460 g/mol. The van der Waals surface area contributed by atoms with Crippen LogP contribution in [0.15, 0.2) is 72.3 Å². The van der Waals surface area contributed by atoms with Crippen LogP contribution in [-0.4, -0.2) is 65.8 Å². The van der Waals surface area contributed by atoms with Crippen LogP contribution in [-0.2, 0) is 9.53 Å². The van der Waals surface area contributed by atoms with Crippen LogP contribution in [0.3, 0.4) is 0 Å². The summed E-state index contributed by atoms with van der Waals surface area (Å²) in [7, 11) is 0. The van der Waals surface area contributed by atoms with Gasteiger partial charge in [-0.05, 0) is 29.9 Å². The van der Waals surface area contributed by atoms with Gasteiger partial charge in [-0.2, -0.15) is 0 Å². The molecule has 196 valence electrons. The second-order valence-corrected chi connectivity index (χ2v) is 11.9. The summed E-state index contributed by atoms with van der Waals surface area (Å²) >= 11 is 0. The molecule has 0 radical (unpaired) electrons. The highest BCUT2D eigenvalue weighted by molar-refractivity contribution is 5.76. The van der Waals surface area contributed by atoms with E-state index in [1.807, 2.05) is 0 Å². The number of rotatable bonds is 5. The van der Waals surface area contributed by atoms with Gasteiger partial charge in [-0.25, -0.2) is 0 Å². The molecule has 0 aromatic heterocycles. The number of esters is 1. The summed E-state index contributed by atoms with van der Waals surface area (Å²) in [5.41, 5.74) is 3.68. The van der Waals surface area contributed by atoms with Gasteiger partial charge in [0.1, 0.15) is 6.10 Å². The normalized spacial score (nSPS) is 34.5. The molecular formula is C32H40N2O3. The molecule has 4 aliphatic rings. The van der Waals surface area contributed by atoms with Gasteiger partial charge in [0.25, 0.3) is 0 Å². The van der Waals surface area contributed by atoms with Gasteiger partial charge in [-0.3, -0.25) is 14.6 Å². The minimum Gasteiger partial charge on any atom is -0.461 e. The third-order valence-corrected chi connectivity index (χ3v) is 10.0. The number of allylic oxidation sites excluding steroid dienone is 1. The second-order valence-electron chi connectivity index (χ2n) is 11.9. The second kappa shape index (κ2) is 10.0. The number of piperazine rings is 1. The number of hydrogen-bond donors (Lipinski definition) is 1. The fourth-order valence-electron chi connectivity index (χ4n) is 7.64. The highest BCUT2D eigenvalue weighted by Crippen LogP contribution is 2.56. The van der Waals surface area contributed by atoms with Crippen molar-refractivity contribution >= 4 is 5.97 Å². The quantitative estimate of drug-likeness (QED) is 0.477. The first-order valence-corrected chi connectivity index (χ1v) is 14.1. The molecule has 6 rings (SSSR count). The van der Waals surface area contributed by atoms with Crippen molar-refractivity contribution in [1.82, 2.24) is 9.80 Å². The van der Waals surface area contributed by atoms with Crippen LogP contribution < -0.4 is 0 Å². The zero-order valence-electron chi connectivity index (χ0n) is 22.1. The molecule has 2 saturated heterocycles. The molecule has 0 bridgehead atoms. The molecule has 0 amide bonds. The minimum atomic E-state index is -0.536. The average molecular weight is 501 g/mol. The Morgan fingerprint density at radius 3 is 2.24 bits per heavy atom. The van der Waals surface area contributed by atoms with Crippen LogP contribution >= 0.6 is 0 Å². The van der Waals surface area contributed by atoms with E-state index in [-0.39, 0.29) is 35.4 Å². The summed E-state index contributed by atoms with van der Waals surface area (Å²) in [5, 5.41) is 11.7. The fraction of sp³-hybridized carbons (Fsp3) is 0.531. The Labute approximate surface area is 221 Å². The molecule has 5 nitrogen and oxygen atoms in total. The van der Waals surface area contributed by atoms with Crippen molar-refractivity contribution in [3.05, 3.63) is 83.4 Å². The number of carbonyl (C=O) groups excluding carboxylic acids is 1. The largest absolute Gasteiger partial charge is 0.461 e. The van der Waals surface area contributed by atoms with Crippen LogP contribution in [0.4, 0.5) is 0 Å². The molecule has 2 aliphatic heterocycles. The van der Waals surface area contributed by atoms with E-state index in [0.29, 0.717) is 12.5 Å². The van der Waals surface area contributed by atoms with E-state index < -0.39 is 6.10 Å². The molecule has 37 heavy (non-hydrogen) atoms. The van der Waals surface area contributed by atoms with Gasteiger partial charge >= 0.3 is 5.97 Å². The molecule has 0 spiro atoms. The lowest BCUT2D eigenvalue weighted by Crippen LogP contribution is -2.55. The van der Waals surface area contributed by atoms with Crippen molar-refractivity contribution in [2.45, 2.75) is 51.4 Å². The standard InChI is InChI=1S/C32H40N2O3/c1-22-10-9-15-25-20-27-28(30(35)32(22,25)2)26(31(36)37-27)21-33-16-18-34(19-17-33)29(23-11-5-3-6-12-23)24-13-7-4-8-14-24/h3-8,11-15,22,26-30,35H,9-10,16-21H2,1-2H3/t22-,26-,27+,28+,30+,32+/m0/s1. The molecule has 2 aromatic carbocycles. The lowest BCUT2D eigenvalue weighted by molar-refractivity contribution is -0.145. The van der Waals surface area contributed by atoms with Crippen LogP contribution in [0.25, 0.3) is 0 Å². The SMILES string of the molecule is C[C@H]1CCC=C2C[C@H]3OC(=O)[C@@H](CN4CCN(C(c5ccccc5)c5ccccc5)CC4)[C@H]3[C@@H](O)[C@@]21C. The Morgan fingerprint density at radius 2 is 1.62 bits per heavy atom. The maximum atomic E-state index is 13.1. The first-order valence-electron chi connectivity index (χ1n) is 14.1. The molecule has 6 atom stereocenters. The summed E-state index contributed by atoms with van der Waals surface area (Å²) in [6, 6.07) is 21.7. The number of aliphatic hydroxyl groups excluding tert-OH is 1. The van der Waals surface area contributed by atoms with E-state index in [2.05, 4.69) is 90.4 Å². The van der Waals surface area contributed by atoms with Crippen molar-refractivity contribution in [3.63, 3.8) is 0 Å². The molecule has 3 fully saturated rings. The molecule has 0 unspecified atom stereocenters. The minimum absolute atomic E-state index is 0.113. The van der Waals surface area contributed by atoms with Crippen LogP contribution in [0.1, 0.15) is 50.3 Å². The van der Waals surface area contributed by atoms with E-state index in [4.69, 9.17) is 4.74 Å². The van der Waals surface area contributed by atoms with Gasteiger partial charge in [-0.15, -0.1) is 0 Å². The van der Waals surface area contributed by atoms with Crippen molar-refractivity contribution in [2.24, 2.45) is 23.2 Å². The summed E-state index contributed by atoms with van der Waals surface area (Å²) < 4.78 is 5.92. The Balaban J connectivity index is 1.16. The topological polar surface area (TPSA) is 53.0 Å². The predicted molar refractivity (Wildman–Crippen MR) is 145 cm³/mol. The van der Waals surface area contributed by atoms with E-state index in [1.165, 1.54) is 16.7 Å². The van der Waals surface area contributed by atoms with E-state index in [9.17, 15) is 9.90 Å².